The Balaban J connectivity index is 1.48. The zero-order valence-corrected chi connectivity index (χ0v) is 21.2. The number of amides is 1. The average molecular weight is 502 g/mol. The van der Waals surface area contributed by atoms with Gasteiger partial charge in [-0.25, -0.2) is 9.48 Å². The minimum atomic E-state index is -0.567. The number of fused-ring (bicyclic) bond motifs is 1. The van der Waals surface area contributed by atoms with Crippen LogP contribution in [0.5, 0.6) is 11.5 Å². The molecule has 3 heterocycles. The number of para-hydroxylation sites is 1. The fourth-order valence-electron chi connectivity index (χ4n) is 4.49. The molecule has 2 aromatic heterocycles. The Morgan fingerprint density at radius 1 is 1.00 bits per heavy atom. The second-order valence-electron chi connectivity index (χ2n) is 10.1. The Kier molecular flexibility index (Phi) is 6.32. The average Bonchev–Trinajstić information content (AvgIpc) is 3.24. The summed E-state index contributed by atoms with van der Waals surface area (Å²) in [5.41, 5.74) is 13.7. The van der Waals surface area contributed by atoms with Crippen molar-refractivity contribution in [2.45, 2.75) is 45.3 Å². The fraction of sp³-hybridized carbons (Fsp3) is 0.333. The Hall–Kier alpha value is -4.34. The smallest absolute Gasteiger partial charge is 0.410 e. The molecule has 0 aliphatic carbocycles. The third kappa shape index (κ3) is 5.28. The van der Waals surface area contributed by atoms with E-state index < -0.39 is 5.60 Å². The minimum Gasteiger partial charge on any atom is -0.457 e. The summed E-state index contributed by atoms with van der Waals surface area (Å²) < 4.78 is 13.3. The van der Waals surface area contributed by atoms with Crippen LogP contribution >= 0.6 is 0 Å². The summed E-state index contributed by atoms with van der Waals surface area (Å²) in [5, 5.41) is 5.55. The van der Waals surface area contributed by atoms with E-state index in [1.807, 2.05) is 80.1 Å². The molecule has 0 saturated carbocycles. The first kappa shape index (κ1) is 24.4. The van der Waals surface area contributed by atoms with Crippen LogP contribution < -0.4 is 16.2 Å². The number of likely N-dealkylation sites (tertiary alicyclic amines) is 1. The van der Waals surface area contributed by atoms with Gasteiger partial charge in [0.1, 0.15) is 28.6 Å². The molecular weight excluding hydrogens is 470 g/mol. The molecule has 4 N–H and O–H groups in total. The predicted molar refractivity (Wildman–Crippen MR) is 142 cm³/mol. The molecule has 1 atom stereocenters. The van der Waals surface area contributed by atoms with E-state index in [1.54, 1.807) is 4.90 Å². The number of hydrogen-bond donors (Lipinski definition) is 2. The van der Waals surface area contributed by atoms with Gasteiger partial charge in [-0.1, -0.05) is 18.2 Å². The maximum Gasteiger partial charge on any atom is 0.410 e. The van der Waals surface area contributed by atoms with Crippen molar-refractivity contribution in [2.24, 2.45) is 0 Å². The van der Waals surface area contributed by atoms with E-state index in [2.05, 4.69) is 9.97 Å². The van der Waals surface area contributed by atoms with Gasteiger partial charge in [0.15, 0.2) is 5.65 Å². The van der Waals surface area contributed by atoms with Crippen LogP contribution in [0.25, 0.3) is 22.3 Å². The number of aromatic nitrogens is 4. The third-order valence-corrected chi connectivity index (χ3v) is 6.10. The van der Waals surface area contributed by atoms with Gasteiger partial charge < -0.3 is 25.8 Å². The lowest BCUT2D eigenvalue weighted by atomic mass is 10.1. The van der Waals surface area contributed by atoms with Crippen molar-refractivity contribution < 1.29 is 14.3 Å². The molecule has 0 spiro atoms. The number of benzene rings is 2. The second-order valence-corrected chi connectivity index (χ2v) is 10.1. The number of nitrogens with two attached hydrogens (primary N) is 2. The van der Waals surface area contributed by atoms with Crippen LogP contribution in [-0.2, 0) is 4.74 Å². The highest BCUT2D eigenvalue weighted by Gasteiger charge is 2.31. The topological polar surface area (TPSA) is 134 Å². The number of nitrogen functional groups attached to an aromatic ring is 2. The van der Waals surface area contributed by atoms with E-state index in [9.17, 15) is 4.79 Å². The first-order valence-corrected chi connectivity index (χ1v) is 12.3. The zero-order chi connectivity index (χ0) is 26.2. The standard InChI is InChI=1S/C27H31N7O3/c1-27(2,3)37-26(35)33-15-7-8-18(16-33)34-24-21(23(28)30-25(29)31-24)22(32-34)17-11-13-20(14-12-17)36-19-9-5-4-6-10-19/h4-6,9-14,18H,7-8,15-16H2,1-3H3,(H4,28,29,30,31). The van der Waals surface area contributed by atoms with Crippen LogP contribution in [0.2, 0.25) is 0 Å². The Morgan fingerprint density at radius 2 is 1.70 bits per heavy atom. The molecule has 192 valence electrons. The van der Waals surface area contributed by atoms with Crippen molar-refractivity contribution in [1.82, 2.24) is 24.6 Å². The van der Waals surface area contributed by atoms with Crippen molar-refractivity contribution in [3.05, 3.63) is 54.6 Å². The highest BCUT2D eigenvalue weighted by atomic mass is 16.6. The highest BCUT2D eigenvalue weighted by Crippen LogP contribution is 2.35. The van der Waals surface area contributed by atoms with Gasteiger partial charge in [-0.3, -0.25) is 0 Å². The number of piperidine rings is 1. The molecule has 1 aliphatic rings. The lowest BCUT2D eigenvalue weighted by Crippen LogP contribution is -2.43. The number of rotatable bonds is 4. The van der Waals surface area contributed by atoms with Gasteiger partial charge in [0.25, 0.3) is 0 Å². The second kappa shape index (κ2) is 9.61. The molecular formula is C27H31N7O3. The summed E-state index contributed by atoms with van der Waals surface area (Å²) >= 11 is 0. The first-order chi connectivity index (χ1) is 17.7. The van der Waals surface area contributed by atoms with Gasteiger partial charge >= 0.3 is 6.09 Å². The minimum absolute atomic E-state index is 0.0733. The van der Waals surface area contributed by atoms with E-state index in [4.69, 9.17) is 26.0 Å². The largest absolute Gasteiger partial charge is 0.457 e. The number of nitrogens with zero attached hydrogens (tertiary/aromatic N) is 5. The molecule has 1 saturated heterocycles. The quantitative estimate of drug-likeness (QED) is 0.398. The summed E-state index contributed by atoms with van der Waals surface area (Å²) in [6.07, 6.45) is 1.29. The lowest BCUT2D eigenvalue weighted by Gasteiger charge is -2.34. The molecule has 0 bridgehead atoms. The summed E-state index contributed by atoms with van der Waals surface area (Å²) in [6, 6.07) is 17.1. The molecule has 5 rings (SSSR count). The molecule has 10 nitrogen and oxygen atoms in total. The molecule has 10 heteroatoms. The zero-order valence-electron chi connectivity index (χ0n) is 21.2. The number of carbonyl (C=O) groups excluding carboxylic acids is 1. The van der Waals surface area contributed by atoms with Crippen LogP contribution in [0.1, 0.15) is 39.7 Å². The van der Waals surface area contributed by atoms with Crippen LogP contribution in [0.3, 0.4) is 0 Å². The Bertz CT molecular complexity index is 1410. The van der Waals surface area contributed by atoms with Crippen molar-refractivity contribution >= 4 is 28.9 Å². The van der Waals surface area contributed by atoms with E-state index in [0.717, 1.165) is 24.2 Å². The highest BCUT2D eigenvalue weighted by molar-refractivity contribution is 5.99. The Labute approximate surface area is 215 Å². The molecule has 2 aromatic carbocycles. The fourth-order valence-corrected chi connectivity index (χ4v) is 4.49. The SMILES string of the molecule is CC(C)(C)OC(=O)N1CCCC(n2nc(-c3ccc(Oc4ccccc4)cc3)c3c(N)nc(N)nc32)C1. The molecule has 0 radical (unpaired) electrons. The van der Waals surface area contributed by atoms with Crippen molar-refractivity contribution in [1.29, 1.82) is 0 Å². The van der Waals surface area contributed by atoms with Crippen LogP contribution in [0.15, 0.2) is 54.6 Å². The third-order valence-electron chi connectivity index (χ3n) is 6.10. The molecule has 4 aromatic rings. The number of hydrogen-bond acceptors (Lipinski definition) is 8. The van der Waals surface area contributed by atoms with Gasteiger partial charge in [0.2, 0.25) is 5.95 Å². The number of ether oxygens (including phenoxy) is 2. The maximum atomic E-state index is 12.7. The predicted octanol–water partition coefficient (Wildman–Crippen LogP) is 5.02. The first-order valence-electron chi connectivity index (χ1n) is 12.3. The van der Waals surface area contributed by atoms with E-state index in [1.165, 1.54) is 0 Å². The monoisotopic (exact) mass is 501 g/mol. The molecule has 1 aliphatic heterocycles. The summed E-state index contributed by atoms with van der Waals surface area (Å²) in [4.78, 5) is 23.1. The summed E-state index contributed by atoms with van der Waals surface area (Å²) in [7, 11) is 0. The van der Waals surface area contributed by atoms with Gasteiger partial charge in [-0.15, -0.1) is 0 Å². The van der Waals surface area contributed by atoms with Crippen LogP contribution in [-0.4, -0.2) is 49.4 Å². The number of anilines is 2. The van der Waals surface area contributed by atoms with E-state index >= 15 is 0 Å². The normalized spacial score (nSPS) is 16.1. The van der Waals surface area contributed by atoms with Crippen LogP contribution in [0.4, 0.5) is 16.6 Å². The molecule has 1 amide bonds. The van der Waals surface area contributed by atoms with Crippen LogP contribution in [0, 0.1) is 0 Å². The van der Waals surface area contributed by atoms with Gasteiger partial charge in [-0.05, 0) is 70.0 Å². The van der Waals surface area contributed by atoms with Crippen molar-refractivity contribution in [3.63, 3.8) is 0 Å². The van der Waals surface area contributed by atoms with Crippen molar-refractivity contribution in [2.75, 3.05) is 24.6 Å². The molecule has 37 heavy (non-hydrogen) atoms. The molecule has 1 fully saturated rings. The lowest BCUT2D eigenvalue weighted by molar-refractivity contribution is 0.0169. The Morgan fingerprint density at radius 3 is 2.41 bits per heavy atom. The molecule has 1 unspecified atom stereocenters. The van der Waals surface area contributed by atoms with Gasteiger partial charge in [0.05, 0.1) is 11.4 Å². The van der Waals surface area contributed by atoms with E-state index in [0.29, 0.717) is 35.6 Å². The summed E-state index contributed by atoms with van der Waals surface area (Å²) in [5.74, 6) is 1.79. The maximum absolute atomic E-state index is 12.7. The van der Waals surface area contributed by atoms with Crippen molar-refractivity contribution in [3.8, 4) is 22.8 Å². The van der Waals surface area contributed by atoms with Gasteiger partial charge in [0, 0.05) is 18.7 Å². The summed E-state index contributed by atoms with van der Waals surface area (Å²) in [6.45, 7) is 6.65. The van der Waals surface area contributed by atoms with E-state index in [-0.39, 0.29) is 23.9 Å². The van der Waals surface area contributed by atoms with Gasteiger partial charge in [-0.2, -0.15) is 15.1 Å². The number of carbonyl (C=O) groups is 1.